The lowest BCUT2D eigenvalue weighted by atomic mass is 10.2. The predicted molar refractivity (Wildman–Crippen MR) is 78.2 cm³/mol. The minimum Gasteiger partial charge on any atom is -0.411 e. The molecule has 6 heteroatoms. The van der Waals surface area contributed by atoms with Gasteiger partial charge in [-0.3, -0.25) is 4.98 Å². The summed E-state index contributed by atoms with van der Waals surface area (Å²) in [6.45, 7) is 0. The summed E-state index contributed by atoms with van der Waals surface area (Å²) in [5, 5.41) is 13.8. The smallest absolute Gasteiger partial charge is 0.139 e. The highest BCUT2D eigenvalue weighted by Gasteiger charge is 1.95. The average Bonchev–Trinajstić information content (AvgIpc) is 2.84. The fourth-order valence-electron chi connectivity index (χ4n) is 1.36. The molecule has 2 aromatic rings. The molecule has 0 spiro atoms. The Morgan fingerprint density at radius 2 is 2.37 bits per heavy atom. The van der Waals surface area contributed by atoms with Crippen molar-refractivity contribution in [2.75, 3.05) is 0 Å². The first-order valence-corrected chi connectivity index (χ1v) is 6.27. The number of hydrogen-bond donors (Lipinski definition) is 1. The van der Waals surface area contributed by atoms with Crippen molar-refractivity contribution in [3.63, 3.8) is 0 Å². The first-order chi connectivity index (χ1) is 8.88. The molecule has 2 aromatic heterocycles. The Balaban J connectivity index is 0.00000180. The summed E-state index contributed by atoms with van der Waals surface area (Å²) in [5.74, 6) is 6.04. The molecule has 0 fully saturated rings. The van der Waals surface area contributed by atoms with Crippen LogP contribution in [-0.4, -0.2) is 21.4 Å². The second kappa shape index (κ2) is 8.25. The van der Waals surface area contributed by atoms with Crippen molar-refractivity contribution in [2.24, 2.45) is 5.16 Å². The number of aryl methyl sites for hydroxylation is 1. The van der Waals surface area contributed by atoms with Gasteiger partial charge in [-0.15, -0.1) is 23.7 Å². The van der Waals surface area contributed by atoms with Gasteiger partial charge in [0.05, 0.1) is 0 Å². The van der Waals surface area contributed by atoms with Crippen LogP contribution < -0.4 is 0 Å². The number of oxime groups is 1. The topological polar surface area (TPSA) is 58.4 Å². The summed E-state index contributed by atoms with van der Waals surface area (Å²) in [7, 11) is 0. The Bertz CT molecular complexity index is 587. The van der Waals surface area contributed by atoms with Crippen molar-refractivity contribution in [3.05, 3.63) is 46.2 Å². The van der Waals surface area contributed by atoms with Crippen molar-refractivity contribution < 1.29 is 5.21 Å². The number of nitrogens with zero attached hydrogens (tertiary/aromatic N) is 3. The molecule has 0 saturated heterocycles. The summed E-state index contributed by atoms with van der Waals surface area (Å²) >= 11 is 1.40. The van der Waals surface area contributed by atoms with Gasteiger partial charge in [-0.1, -0.05) is 17.1 Å². The summed E-state index contributed by atoms with van der Waals surface area (Å²) in [5.41, 5.74) is 1.89. The third-order valence-corrected chi connectivity index (χ3v) is 2.95. The number of rotatable bonds is 3. The van der Waals surface area contributed by atoms with Gasteiger partial charge in [-0.05, 0) is 24.0 Å². The molecular formula is C13H12ClN3OS. The third kappa shape index (κ3) is 5.08. The van der Waals surface area contributed by atoms with Crippen LogP contribution >= 0.6 is 23.7 Å². The summed E-state index contributed by atoms with van der Waals surface area (Å²) < 4.78 is 0. The zero-order chi connectivity index (χ0) is 12.6. The van der Waals surface area contributed by atoms with E-state index in [1.165, 1.54) is 23.1 Å². The molecule has 2 rings (SSSR count). The highest BCUT2D eigenvalue weighted by Crippen LogP contribution is 2.06. The molecule has 0 aliphatic carbocycles. The predicted octanol–water partition coefficient (Wildman–Crippen LogP) is 2.75. The highest BCUT2D eigenvalue weighted by molar-refractivity contribution is 7.11. The van der Waals surface area contributed by atoms with E-state index in [1.54, 1.807) is 6.20 Å². The van der Waals surface area contributed by atoms with Crippen LogP contribution in [0.15, 0.2) is 35.1 Å². The normalized spacial score (nSPS) is 9.68. The van der Waals surface area contributed by atoms with Crippen LogP contribution in [0.4, 0.5) is 0 Å². The van der Waals surface area contributed by atoms with E-state index in [1.807, 2.05) is 23.7 Å². The number of aromatic nitrogens is 2. The van der Waals surface area contributed by atoms with E-state index < -0.39 is 0 Å². The number of hydrogen-bond acceptors (Lipinski definition) is 5. The van der Waals surface area contributed by atoms with E-state index in [-0.39, 0.29) is 12.4 Å². The van der Waals surface area contributed by atoms with Crippen molar-refractivity contribution in [2.45, 2.75) is 12.8 Å². The first kappa shape index (κ1) is 15.2. The molecule has 98 valence electrons. The molecule has 0 atom stereocenters. The molecular weight excluding hydrogens is 282 g/mol. The van der Waals surface area contributed by atoms with Crippen LogP contribution in [0.5, 0.6) is 0 Å². The average molecular weight is 294 g/mol. The SMILES string of the molecule is Cl.O/N=C\c1nc(C#CCCc2cccnc2)cs1. The van der Waals surface area contributed by atoms with Gasteiger partial charge in [0.2, 0.25) is 0 Å². The Hall–Kier alpha value is -1.90. The van der Waals surface area contributed by atoms with Gasteiger partial charge in [0, 0.05) is 24.2 Å². The Morgan fingerprint density at radius 3 is 3.11 bits per heavy atom. The molecule has 2 heterocycles. The minimum atomic E-state index is 0. The number of thiazole rings is 1. The van der Waals surface area contributed by atoms with E-state index in [2.05, 4.69) is 27.0 Å². The second-order valence-corrected chi connectivity index (χ2v) is 4.37. The maximum absolute atomic E-state index is 8.36. The van der Waals surface area contributed by atoms with E-state index in [0.29, 0.717) is 10.7 Å². The van der Waals surface area contributed by atoms with Crippen molar-refractivity contribution in [3.8, 4) is 11.8 Å². The second-order valence-electron chi connectivity index (χ2n) is 3.48. The first-order valence-electron chi connectivity index (χ1n) is 5.39. The zero-order valence-electron chi connectivity index (χ0n) is 9.98. The Labute approximate surface area is 121 Å². The molecule has 4 nitrogen and oxygen atoms in total. The van der Waals surface area contributed by atoms with E-state index in [4.69, 9.17) is 5.21 Å². The molecule has 0 radical (unpaired) electrons. The summed E-state index contributed by atoms with van der Waals surface area (Å²) in [4.78, 5) is 8.22. The van der Waals surface area contributed by atoms with Crippen LogP contribution in [0.2, 0.25) is 0 Å². The van der Waals surface area contributed by atoms with Gasteiger partial charge in [0.1, 0.15) is 16.9 Å². The number of halogens is 1. The quantitative estimate of drug-likeness (QED) is 0.410. The van der Waals surface area contributed by atoms with Crippen molar-refractivity contribution >= 4 is 30.0 Å². The van der Waals surface area contributed by atoms with Crippen LogP contribution in [0.3, 0.4) is 0 Å². The lowest BCUT2D eigenvalue weighted by molar-refractivity contribution is 0.322. The van der Waals surface area contributed by atoms with Gasteiger partial charge in [-0.25, -0.2) is 4.98 Å². The fourth-order valence-corrected chi connectivity index (χ4v) is 1.96. The summed E-state index contributed by atoms with van der Waals surface area (Å²) in [6.07, 6.45) is 6.56. The van der Waals surface area contributed by atoms with E-state index >= 15 is 0 Å². The van der Waals surface area contributed by atoms with Crippen LogP contribution in [0.25, 0.3) is 0 Å². The summed E-state index contributed by atoms with van der Waals surface area (Å²) in [6, 6.07) is 3.96. The molecule has 0 saturated carbocycles. The maximum Gasteiger partial charge on any atom is 0.139 e. The standard InChI is InChI=1S/C13H11N3OS.ClH/c17-15-9-13-16-12(10-18-13)6-2-1-4-11-5-3-7-14-8-11;/h3,5,7-10,17H,1,4H2;1H/b15-9-;. The zero-order valence-corrected chi connectivity index (χ0v) is 11.6. The van der Waals surface area contributed by atoms with E-state index in [9.17, 15) is 0 Å². The lowest BCUT2D eigenvalue weighted by Gasteiger charge is -1.93. The van der Waals surface area contributed by atoms with Gasteiger partial charge >= 0.3 is 0 Å². The molecule has 0 amide bonds. The molecule has 0 unspecified atom stereocenters. The Kier molecular flexibility index (Phi) is 6.58. The molecule has 0 aliphatic heterocycles. The molecule has 0 aromatic carbocycles. The minimum absolute atomic E-state index is 0. The molecule has 19 heavy (non-hydrogen) atoms. The van der Waals surface area contributed by atoms with Crippen LogP contribution in [0.1, 0.15) is 22.7 Å². The van der Waals surface area contributed by atoms with Gasteiger partial charge in [0.15, 0.2) is 0 Å². The fraction of sp³-hybridized carbons (Fsp3) is 0.154. The molecule has 0 aliphatic rings. The van der Waals surface area contributed by atoms with Gasteiger partial charge in [-0.2, -0.15) is 0 Å². The van der Waals surface area contributed by atoms with Crippen LogP contribution in [-0.2, 0) is 6.42 Å². The van der Waals surface area contributed by atoms with Gasteiger partial charge in [0.25, 0.3) is 0 Å². The molecule has 1 N–H and O–H groups in total. The lowest BCUT2D eigenvalue weighted by Crippen LogP contribution is -1.84. The van der Waals surface area contributed by atoms with Crippen molar-refractivity contribution in [1.29, 1.82) is 0 Å². The van der Waals surface area contributed by atoms with E-state index in [0.717, 1.165) is 12.8 Å². The highest BCUT2D eigenvalue weighted by atomic mass is 35.5. The number of pyridine rings is 1. The Morgan fingerprint density at radius 1 is 1.47 bits per heavy atom. The monoisotopic (exact) mass is 293 g/mol. The molecule has 0 bridgehead atoms. The maximum atomic E-state index is 8.36. The van der Waals surface area contributed by atoms with Crippen molar-refractivity contribution in [1.82, 2.24) is 9.97 Å². The van der Waals surface area contributed by atoms with Gasteiger partial charge < -0.3 is 5.21 Å². The largest absolute Gasteiger partial charge is 0.411 e. The third-order valence-electron chi connectivity index (χ3n) is 2.17. The van der Waals surface area contributed by atoms with Crippen LogP contribution in [0, 0.1) is 11.8 Å².